The molecule has 0 spiro atoms. The minimum atomic E-state index is -0.611. The molecular weight excluding hydrogens is 326 g/mol. The van der Waals surface area contributed by atoms with Gasteiger partial charge in [-0.1, -0.05) is 11.6 Å². The van der Waals surface area contributed by atoms with Gasteiger partial charge < -0.3 is 4.74 Å². The van der Waals surface area contributed by atoms with Crippen molar-refractivity contribution in [2.24, 2.45) is 0 Å². The van der Waals surface area contributed by atoms with Crippen molar-refractivity contribution in [1.29, 1.82) is 0 Å². The maximum absolute atomic E-state index is 11.0. The molecule has 0 bridgehead atoms. The summed E-state index contributed by atoms with van der Waals surface area (Å²) in [5.41, 5.74) is 0.220. The summed E-state index contributed by atoms with van der Waals surface area (Å²) in [6.07, 6.45) is 0. The first-order valence-corrected chi connectivity index (χ1v) is 5.13. The fourth-order valence-corrected chi connectivity index (χ4v) is 2.06. The van der Waals surface area contributed by atoms with Gasteiger partial charge in [-0.2, -0.15) is 0 Å². The number of hydrogen-bond donors (Lipinski definition) is 0. The van der Waals surface area contributed by atoms with Gasteiger partial charge >= 0.3 is 0 Å². The average Bonchev–Trinajstić information content (AvgIpc) is 2.07. The van der Waals surface area contributed by atoms with Gasteiger partial charge in [0.2, 0.25) is 0 Å². The zero-order chi connectivity index (χ0) is 10.0. The van der Waals surface area contributed by atoms with Crippen LogP contribution >= 0.6 is 45.8 Å². The number of benzene rings is 1. The predicted molar refractivity (Wildman–Crippen MR) is 60.9 cm³/mol. The second-order valence-corrected chi connectivity index (χ2v) is 4.12. The van der Waals surface area contributed by atoms with Crippen LogP contribution in [0.1, 0.15) is 10.4 Å². The summed E-state index contributed by atoms with van der Waals surface area (Å²) in [5.74, 6) is 0.424. The van der Waals surface area contributed by atoms with Crippen LogP contribution in [-0.4, -0.2) is 12.4 Å². The van der Waals surface area contributed by atoms with Crippen molar-refractivity contribution >= 4 is 51.0 Å². The third kappa shape index (κ3) is 2.27. The monoisotopic (exact) mass is 330 g/mol. The first kappa shape index (κ1) is 11.1. The highest BCUT2D eigenvalue weighted by atomic mass is 127. The van der Waals surface area contributed by atoms with Crippen molar-refractivity contribution in [2.75, 3.05) is 7.11 Å². The van der Waals surface area contributed by atoms with Gasteiger partial charge in [0.15, 0.2) is 0 Å². The Morgan fingerprint density at radius 1 is 1.54 bits per heavy atom. The van der Waals surface area contributed by atoms with Gasteiger partial charge in [0.1, 0.15) is 5.75 Å². The summed E-state index contributed by atoms with van der Waals surface area (Å²) in [7, 11) is 1.47. The van der Waals surface area contributed by atoms with Crippen molar-refractivity contribution in [3.63, 3.8) is 0 Å². The van der Waals surface area contributed by atoms with Crippen LogP contribution in [-0.2, 0) is 0 Å². The van der Waals surface area contributed by atoms with E-state index in [0.717, 1.165) is 3.57 Å². The van der Waals surface area contributed by atoms with Gasteiger partial charge in [-0.05, 0) is 46.3 Å². The third-order valence-electron chi connectivity index (χ3n) is 1.46. The molecule has 0 heterocycles. The second kappa shape index (κ2) is 4.48. The quantitative estimate of drug-likeness (QED) is 0.614. The van der Waals surface area contributed by atoms with E-state index in [-0.39, 0.29) is 5.56 Å². The molecule has 0 unspecified atom stereocenters. The van der Waals surface area contributed by atoms with Gasteiger partial charge in [0.05, 0.1) is 21.3 Å². The molecule has 0 amide bonds. The van der Waals surface area contributed by atoms with E-state index in [1.807, 2.05) is 22.6 Å². The van der Waals surface area contributed by atoms with E-state index in [2.05, 4.69) is 0 Å². The SMILES string of the molecule is COc1c(I)ccc(Cl)c1C(=O)Cl. The second-order valence-electron chi connectivity index (χ2n) is 2.21. The number of carbonyl (C=O) groups is 1. The van der Waals surface area contributed by atoms with Gasteiger partial charge in [-0.3, -0.25) is 4.79 Å². The van der Waals surface area contributed by atoms with E-state index >= 15 is 0 Å². The lowest BCUT2D eigenvalue weighted by Crippen LogP contribution is -1.98. The topological polar surface area (TPSA) is 26.3 Å². The summed E-state index contributed by atoms with van der Waals surface area (Å²) in [4.78, 5) is 11.0. The lowest BCUT2D eigenvalue weighted by molar-refractivity contribution is 0.107. The Labute approximate surface area is 99.3 Å². The van der Waals surface area contributed by atoms with Crippen LogP contribution < -0.4 is 4.74 Å². The highest BCUT2D eigenvalue weighted by Crippen LogP contribution is 2.32. The Balaban J connectivity index is 3.43. The number of methoxy groups -OCH3 is 1. The van der Waals surface area contributed by atoms with E-state index in [9.17, 15) is 4.79 Å². The van der Waals surface area contributed by atoms with Gasteiger partial charge in [0.25, 0.3) is 5.24 Å². The molecule has 0 saturated carbocycles. The fraction of sp³-hybridized carbons (Fsp3) is 0.125. The molecule has 0 aliphatic rings. The molecule has 1 rings (SSSR count). The van der Waals surface area contributed by atoms with Crippen LogP contribution in [0.2, 0.25) is 5.02 Å². The highest BCUT2D eigenvalue weighted by Gasteiger charge is 2.16. The van der Waals surface area contributed by atoms with Crippen LogP contribution in [0.4, 0.5) is 0 Å². The molecule has 70 valence electrons. The molecule has 0 aromatic heterocycles. The van der Waals surface area contributed by atoms with Crippen molar-refractivity contribution in [2.45, 2.75) is 0 Å². The van der Waals surface area contributed by atoms with Gasteiger partial charge in [0, 0.05) is 0 Å². The number of hydrogen-bond acceptors (Lipinski definition) is 2. The molecule has 0 aliphatic heterocycles. The predicted octanol–water partition coefficient (Wildman–Crippen LogP) is 3.33. The zero-order valence-corrected chi connectivity index (χ0v) is 10.3. The summed E-state index contributed by atoms with van der Waals surface area (Å²) in [6.45, 7) is 0. The normalized spacial score (nSPS) is 9.85. The van der Waals surface area contributed by atoms with Crippen LogP contribution in [0.25, 0.3) is 0 Å². The molecule has 0 radical (unpaired) electrons. The number of rotatable bonds is 2. The Morgan fingerprint density at radius 3 is 2.54 bits per heavy atom. The largest absolute Gasteiger partial charge is 0.495 e. The first-order chi connectivity index (χ1) is 6.07. The average molecular weight is 331 g/mol. The Hall–Kier alpha value is -0.000000000000000111. The molecule has 0 aliphatic carbocycles. The van der Waals surface area contributed by atoms with E-state index in [4.69, 9.17) is 27.9 Å². The summed E-state index contributed by atoms with van der Waals surface area (Å²) >= 11 is 13.2. The Morgan fingerprint density at radius 2 is 2.15 bits per heavy atom. The van der Waals surface area contributed by atoms with E-state index in [1.54, 1.807) is 12.1 Å². The van der Waals surface area contributed by atoms with Crippen molar-refractivity contribution in [3.8, 4) is 5.75 Å². The van der Waals surface area contributed by atoms with Crippen molar-refractivity contribution < 1.29 is 9.53 Å². The van der Waals surface area contributed by atoms with Crippen molar-refractivity contribution in [3.05, 3.63) is 26.3 Å². The summed E-state index contributed by atoms with van der Waals surface area (Å²) in [5, 5.41) is -0.308. The Kier molecular flexibility index (Phi) is 3.82. The number of halogens is 3. The molecule has 0 fully saturated rings. The number of ether oxygens (including phenoxy) is 1. The van der Waals surface area contributed by atoms with E-state index in [1.165, 1.54) is 7.11 Å². The summed E-state index contributed by atoms with van der Waals surface area (Å²) in [6, 6.07) is 3.37. The Bertz CT molecular complexity index is 352. The van der Waals surface area contributed by atoms with E-state index in [0.29, 0.717) is 10.8 Å². The molecule has 2 nitrogen and oxygen atoms in total. The van der Waals surface area contributed by atoms with Crippen LogP contribution in [0.15, 0.2) is 12.1 Å². The minimum Gasteiger partial charge on any atom is -0.495 e. The molecule has 5 heteroatoms. The van der Waals surface area contributed by atoms with E-state index < -0.39 is 5.24 Å². The molecule has 1 aromatic rings. The third-order valence-corrected chi connectivity index (χ3v) is 2.81. The van der Waals surface area contributed by atoms with Crippen LogP contribution in [0.5, 0.6) is 5.75 Å². The lowest BCUT2D eigenvalue weighted by atomic mass is 10.2. The molecule has 0 saturated heterocycles. The molecule has 0 atom stereocenters. The minimum absolute atomic E-state index is 0.220. The zero-order valence-electron chi connectivity index (χ0n) is 6.61. The first-order valence-electron chi connectivity index (χ1n) is 3.29. The van der Waals surface area contributed by atoms with Gasteiger partial charge in [-0.15, -0.1) is 0 Å². The maximum atomic E-state index is 11.0. The molecule has 1 aromatic carbocycles. The van der Waals surface area contributed by atoms with Gasteiger partial charge in [-0.25, -0.2) is 0 Å². The molecule has 13 heavy (non-hydrogen) atoms. The molecular formula is C8H5Cl2IO2. The highest BCUT2D eigenvalue weighted by molar-refractivity contribution is 14.1. The standard InChI is InChI=1S/C8H5Cl2IO2/c1-13-7-5(11)3-2-4(9)6(7)8(10)12/h2-3H,1H3. The van der Waals surface area contributed by atoms with Crippen molar-refractivity contribution in [1.82, 2.24) is 0 Å². The maximum Gasteiger partial charge on any atom is 0.257 e. The number of carbonyl (C=O) groups excluding carboxylic acids is 1. The fourth-order valence-electron chi connectivity index (χ4n) is 0.916. The van der Waals surface area contributed by atoms with Crippen LogP contribution in [0.3, 0.4) is 0 Å². The lowest BCUT2D eigenvalue weighted by Gasteiger charge is -2.08. The smallest absolute Gasteiger partial charge is 0.257 e. The van der Waals surface area contributed by atoms with Crippen LogP contribution in [0, 0.1) is 3.57 Å². The molecule has 0 N–H and O–H groups in total. The summed E-state index contributed by atoms with van der Waals surface area (Å²) < 4.78 is 5.82.